The van der Waals surface area contributed by atoms with E-state index in [9.17, 15) is 14.7 Å². The molecule has 4 rings (SSSR count). The number of carbonyl (C=O) groups excluding carboxylic acids is 2. The van der Waals surface area contributed by atoms with Gasteiger partial charge in [0, 0.05) is 11.3 Å². The minimum atomic E-state index is -0.747. The Morgan fingerprint density at radius 1 is 0.862 bits per heavy atom. The number of ketones is 1. The molecule has 0 saturated carbocycles. The molecule has 1 unspecified atom stereocenters. The van der Waals surface area contributed by atoms with Crippen LogP contribution in [-0.2, 0) is 9.59 Å². The lowest BCUT2D eigenvalue weighted by Gasteiger charge is -2.25. The largest absolute Gasteiger partial charge is 0.507 e. The number of aliphatic hydroxyl groups excluding tert-OH is 1. The number of rotatable bonds is 4. The molecule has 1 amide bonds. The first-order valence-electron chi connectivity index (χ1n) is 9.17. The number of carbonyl (C=O) groups is 2. The van der Waals surface area contributed by atoms with Crippen LogP contribution in [0.15, 0.2) is 90.5 Å². The maximum absolute atomic E-state index is 13.0. The summed E-state index contributed by atoms with van der Waals surface area (Å²) in [5.41, 5.74) is 1.83. The molecule has 1 aliphatic heterocycles. The van der Waals surface area contributed by atoms with E-state index in [2.05, 4.69) is 0 Å². The lowest BCUT2D eigenvalue weighted by Crippen LogP contribution is -2.29. The molecule has 1 N–H and O–H groups in total. The maximum atomic E-state index is 13.0. The smallest absolute Gasteiger partial charge is 0.300 e. The lowest BCUT2D eigenvalue weighted by molar-refractivity contribution is -0.132. The Balaban J connectivity index is 1.93. The van der Waals surface area contributed by atoms with Gasteiger partial charge in [-0.2, -0.15) is 0 Å². The highest BCUT2D eigenvalue weighted by molar-refractivity contribution is 6.51. The highest BCUT2D eigenvalue weighted by Crippen LogP contribution is 2.42. The van der Waals surface area contributed by atoms with Crippen LogP contribution in [0.5, 0.6) is 5.75 Å². The van der Waals surface area contributed by atoms with Gasteiger partial charge in [-0.1, -0.05) is 60.7 Å². The van der Waals surface area contributed by atoms with E-state index in [4.69, 9.17) is 4.74 Å². The summed E-state index contributed by atoms with van der Waals surface area (Å²) in [5, 5.41) is 11.0. The Kier molecular flexibility index (Phi) is 4.87. The highest BCUT2D eigenvalue weighted by Gasteiger charge is 2.46. The fourth-order valence-electron chi connectivity index (χ4n) is 3.54. The van der Waals surface area contributed by atoms with Crippen LogP contribution in [0, 0.1) is 0 Å². The second-order valence-corrected chi connectivity index (χ2v) is 6.64. The van der Waals surface area contributed by atoms with Crippen molar-refractivity contribution in [2.75, 3.05) is 12.0 Å². The fraction of sp³-hybridized carbons (Fsp3) is 0.0833. The molecule has 0 radical (unpaired) electrons. The van der Waals surface area contributed by atoms with Gasteiger partial charge in [-0.3, -0.25) is 14.5 Å². The summed E-state index contributed by atoms with van der Waals surface area (Å²) in [5.74, 6) is -0.915. The van der Waals surface area contributed by atoms with E-state index < -0.39 is 17.7 Å². The van der Waals surface area contributed by atoms with Crippen molar-refractivity contribution in [1.82, 2.24) is 0 Å². The van der Waals surface area contributed by atoms with Crippen LogP contribution in [0.2, 0.25) is 0 Å². The number of benzene rings is 3. The normalized spacial score (nSPS) is 18.1. The molecule has 1 atom stereocenters. The van der Waals surface area contributed by atoms with E-state index in [1.165, 1.54) is 4.90 Å². The summed E-state index contributed by atoms with van der Waals surface area (Å²) in [4.78, 5) is 27.4. The average Bonchev–Trinajstić information content (AvgIpc) is 3.05. The summed E-state index contributed by atoms with van der Waals surface area (Å²) >= 11 is 0. The van der Waals surface area contributed by atoms with Gasteiger partial charge < -0.3 is 9.84 Å². The van der Waals surface area contributed by atoms with E-state index >= 15 is 0 Å². The topological polar surface area (TPSA) is 66.8 Å². The molecule has 144 valence electrons. The van der Waals surface area contributed by atoms with Crippen molar-refractivity contribution in [3.63, 3.8) is 0 Å². The molecule has 3 aromatic carbocycles. The van der Waals surface area contributed by atoms with Crippen LogP contribution < -0.4 is 9.64 Å². The number of Topliss-reactive ketones (excluding diaryl/α,β-unsaturated/α-hetero) is 1. The van der Waals surface area contributed by atoms with E-state index in [0.29, 0.717) is 22.6 Å². The highest BCUT2D eigenvalue weighted by atomic mass is 16.5. The molecule has 29 heavy (non-hydrogen) atoms. The summed E-state index contributed by atoms with van der Waals surface area (Å²) in [7, 11) is 1.57. The molecule has 0 aromatic heterocycles. The molecule has 5 heteroatoms. The molecule has 1 fully saturated rings. The molecule has 1 saturated heterocycles. The number of ether oxygens (including phenoxy) is 1. The molecular formula is C24H19NO4. The molecule has 0 spiro atoms. The first-order valence-corrected chi connectivity index (χ1v) is 9.17. The van der Waals surface area contributed by atoms with Gasteiger partial charge in [0.25, 0.3) is 11.7 Å². The number of nitrogens with zero attached hydrogens (tertiary/aromatic N) is 1. The Bertz CT molecular complexity index is 1070. The quantitative estimate of drug-likeness (QED) is 0.413. The van der Waals surface area contributed by atoms with Gasteiger partial charge in [0.2, 0.25) is 0 Å². The summed E-state index contributed by atoms with van der Waals surface area (Å²) in [6.45, 7) is 0. The van der Waals surface area contributed by atoms with Gasteiger partial charge in [0.15, 0.2) is 0 Å². The van der Waals surface area contributed by atoms with Crippen molar-refractivity contribution in [2.24, 2.45) is 0 Å². The van der Waals surface area contributed by atoms with Crippen LogP contribution in [0.1, 0.15) is 17.2 Å². The number of anilines is 1. The van der Waals surface area contributed by atoms with E-state index in [0.717, 1.165) is 0 Å². The second-order valence-electron chi connectivity index (χ2n) is 6.64. The summed E-state index contributed by atoms with van der Waals surface area (Å²) in [6, 6.07) is 24.1. The molecule has 0 aliphatic carbocycles. The molecule has 0 bridgehead atoms. The number of para-hydroxylation sites is 1. The third-order valence-corrected chi connectivity index (χ3v) is 4.96. The van der Waals surface area contributed by atoms with E-state index in [1.807, 2.05) is 12.1 Å². The zero-order valence-corrected chi connectivity index (χ0v) is 15.8. The number of methoxy groups -OCH3 is 1. The first-order chi connectivity index (χ1) is 14.1. The van der Waals surface area contributed by atoms with Crippen LogP contribution >= 0.6 is 0 Å². The van der Waals surface area contributed by atoms with Gasteiger partial charge in [-0.25, -0.2) is 0 Å². The predicted molar refractivity (Wildman–Crippen MR) is 111 cm³/mol. The average molecular weight is 385 g/mol. The number of hydrogen-bond donors (Lipinski definition) is 1. The molecule has 3 aromatic rings. The van der Waals surface area contributed by atoms with Gasteiger partial charge in [0.1, 0.15) is 11.5 Å². The third-order valence-electron chi connectivity index (χ3n) is 4.96. The molecule has 5 nitrogen and oxygen atoms in total. The summed E-state index contributed by atoms with van der Waals surface area (Å²) < 4.78 is 5.22. The fourth-order valence-corrected chi connectivity index (χ4v) is 3.54. The Labute approximate surface area is 168 Å². The third kappa shape index (κ3) is 3.27. The monoisotopic (exact) mass is 385 g/mol. The van der Waals surface area contributed by atoms with Crippen LogP contribution in [0.25, 0.3) is 5.76 Å². The summed E-state index contributed by atoms with van der Waals surface area (Å²) in [6.07, 6.45) is 0. The zero-order valence-electron chi connectivity index (χ0n) is 15.8. The van der Waals surface area contributed by atoms with E-state index in [-0.39, 0.29) is 11.3 Å². The van der Waals surface area contributed by atoms with E-state index in [1.54, 1.807) is 79.9 Å². The van der Waals surface area contributed by atoms with Crippen molar-refractivity contribution in [3.05, 3.63) is 102 Å². The van der Waals surface area contributed by atoms with Crippen molar-refractivity contribution in [3.8, 4) is 5.75 Å². The van der Waals surface area contributed by atoms with Crippen molar-refractivity contribution < 1.29 is 19.4 Å². The number of hydrogen-bond acceptors (Lipinski definition) is 4. The van der Waals surface area contributed by atoms with Gasteiger partial charge >= 0.3 is 0 Å². The van der Waals surface area contributed by atoms with Gasteiger partial charge in [0.05, 0.1) is 18.7 Å². The Morgan fingerprint density at radius 3 is 2.03 bits per heavy atom. The minimum Gasteiger partial charge on any atom is -0.507 e. The first kappa shape index (κ1) is 18.5. The maximum Gasteiger partial charge on any atom is 0.300 e. The van der Waals surface area contributed by atoms with Crippen LogP contribution in [0.4, 0.5) is 5.69 Å². The van der Waals surface area contributed by atoms with Gasteiger partial charge in [-0.05, 0) is 29.8 Å². The number of amides is 1. The zero-order chi connectivity index (χ0) is 20.4. The molecule has 1 aliphatic rings. The van der Waals surface area contributed by atoms with Crippen molar-refractivity contribution >= 4 is 23.1 Å². The van der Waals surface area contributed by atoms with Gasteiger partial charge in [-0.15, -0.1) is 0 Å². The van der Waals surface area contributed by atoms with Crippen molar-refractivity contribution in [1.29, 1.82) is 0 Å². The molecular weight excluding hydrogens is 366 g/mol. The minimum absolute atomic E-state index is 0.0650. The Hall–Kier alpha value is -3.86. The predicted octanol–water partition coefficient (Wildman–Crippen LogP) is 4.32. The second kappa shape index (κ2) is 7.64. The van der Waals surface area contributed by atoms with Crippen LogP contribution in [0.3, 0.4) is 0 Å². The lowest BCUT2D eigenvalue weighted by atomic mass is 9.95. The van der Waals surface area contributed by atoms with Crippen molar-refractivity contribution in [2.45, 2.75) is 6.04 Å². The SMILES string of the molecule is COc1ccc(C2C(=C(O)c3ccccc3)C(=O)C(=O)N2c2ccccc2)cc1. The molecule has 1 heterocycles. The Morgan fingerprint density at radius 2 is 1.45 bits per heavy atom. The standard InChI is InChI=1S/C24H19NO4/c1-29-19-14-12-16(13-15-19)21-20(22(26)17-8-4-2-5-9-17)23(27)24(28)25(21)18-10-6-3-7-11-18/h2-15,21,26H,1H3. The van der Waals surface area contributed by atoms with Crippen LogP contribution in [-0.4, -0.2) is 23.9 Å². The number of aliphatic hydroxyl groups is 1.